The molecule has 0 bridgehead atoms. The molecular weight excluding hydrogens is 412 g/mol. The molecule has 0 spiro atoms. The Balaban J connectivity index is 1.31. The minimum absolute atomic E-state index is 0.207. The molecule has 1 N–H and O–H groups in total. The van der Waals surface area contributed by atoms with Gasteiger partial charge in [0, 0.05) is 55.7 Å². The number of aromatic nitrogens is 5. The van der Waals surface area contributed by atoms with E-state index in [1.807, 2.05) is 25.4 Å². The minimum Gasteiger partial charge on any atom is -0.345 e. The third-order valence-electron chi connectivity index (χ3n) is 5.43. The summed E-state index contributed by atoms with van der Waals surface area (Å²) in [6, 6.07) is 4.36. The number of pyridine rings is 2. The number of hydrogen-bond acceptors (Lipinski definition) is 8. The van der Waals surface area contributed by atoms with Crippen LogP contribution in [0.15, 0.2) is 43.1 Å². The van der Waals surface area contributed by atoms with E-state index in [2.05, 4.69) is 49.3 Å². The van der Waals surface area contributed by atoms with E-state index < -0.39 is 0 Å². The van der Waals surface area contributed by atoms with Crippen LogP contribution in [0.2, 0.25) is 0 Å². The van der Waals surface area contributed by atoms with E-state index in [1.54, 1.807) is 29.5 Å². The predicted molar refractivity (Wildman–Crippen MR) is 121 cm³/mol. The van der Waals surface area contributed by atoms with Crippen molar-refractivity contribution in [1.82, 2.24) is 29.6 Å². The van der Waals surface area contributed by atoms with Crippen LogP contribution in [0.25, 0.3) is 22.0 Å². The lowest BCUT2D eigenvalue weighted by Gasteiger charge is -2.42. The lowest BCUT2D eigenvalue weighted by atomic mass is 10.1. The molecule has 5 heterocycles. The van der Waals surface area contributed by atoms with Crippen molar-refractivity contribution in [3.8, 4) is 11.3 Å². The molecule has 1 amide bonds. The maximum Gasteiger partial charge on any atom is 0.268 e. The van der Waals surface area contributed by atoms with Gasteiger partial charge < -0.3 is 15.1 Å². The number of thiazole rings is 1. The Labute approximate surface area is 183 Å². The number of amides is 1. The van der Waals surface area contributed by atoms with Gasteiger partial charge in [0.25, 0.3) is 5.91 Å². The standard InChI is InChI=1S/C21H22N8OS/c1-27(2)16-11-29(12-16)21-24-9-18(31-21)20(30)26-19-5-13-4-17(15-8-25-28(3)10-15)22-6-14(13)7-23-19/h4-10,16H,11-12H2,1-3H3,(H,23,26,30). The van der Waals surface area contributed by atoms with Crippen molar-refractivity contribution in [3.05, 3.63) is 48.0 Å². The number of nitrogens with zero attached hydrogens (tertiary/aromatic N) is 7. The number of rotatable bonds is 5. The monoisotopic (exact) mass is 434 g/mol. The van der Waals surface area contributed by atoms with E-state index >= 15 is 0 Å². The zero-order chi connectivity index (χ0) is 21.5. The summed E-state index contributed by atoms with van der Waals surface area (Å²) in [4.78, 5) is 30.9. The molecule has 0 aromatic carbocycles. The normalized spacial score (nSPS) is 14.3. The number of fused-ring (bicyclic) bond motifs is 1. The SMILES string of the molecule is CN(C)C1CN(c2ncc(C(=O)Nc3cc4cc(-c5cnn(C)c5)ncc4cn3)s2)C1. The highest BCUT2D eigenvalue weighted by atomic mass is 32.1. The molecule has 0 aliphatic carbocycles. The topological polar surface area (TPSA) is 92.1 Å². The fraction of sp³-hybridized carbons (Fsp3) is 0.286. The predicted octanol–water partition coefficient (Wildman–Crippen LogP) is 2.49. The Kier molecular flexibility index (Phi) is 4.87. The van der Waals surface area contributed by atoms with E-state index in [0.717, 1.165) is 40.3 Å². The van der Waals surface area contributed by atoms with Crippen molar-refractivity contribution in [1.29, 1.82) is 0 Å². The Morgan fingerprint density at radius 3 is 2.65 bits per heavy atom. The van der Waals surface area contributed by atoms with Crippen LogP contribution in [0.3, 0.4) is 0 Å². The van der Waals surface area contributed by atoms with Gasteiger partial charge in [-0.05, 0) is 31.6 Å². The zero-order valence-electron chi connectivity index (χ0n) is 17.5. The molecule has 31 heavy (non-hydrogen) atoms. The maximum absolute atomic E-state index is 12.7. The quantitative estimate of drug-likeness (QED) is 0.516. The molecule has 0 unspecified atom stereocenters. The molecule has 4 aromatic rings. The second kappa shape index (κ2) is 7.71. The fourth-order valence-electron chi connectivity index (χ4n) is 3.45. The highest BCUT2D eigenvalue weighted by molar-refractivity contribution is 7.17. The third-order valence-corrected chi connectivity index (χ3v) is 6.48. The molecule has 1 fully saturated rings. The molecule has 5 rings (SSSR count). The molecule has 4 aromatic heterocycles. The Hall–Kier alpha value is -3.37. The van der Waals surface area contributed by atoms with Crippen LogP contribution in [0, 0.1) is 0 Å². The molecule has 158 valence electrons. The first-order chi connectivity index (χ1) is 15.0. The van der Waals surface area contributed by atoms with Crippen molar-refractivity contribution < 1.29 is 4.79 Å². The van der Waals surface area contributed by atoms with Crippen molar-refractivity contribution in [3.63, 3.8) is 0 Å². The highest BCUT2D eigenvalue weighted by Crippen LogP contribution is 2.28. The summed E-state index contributed by atoms with van der Waals surface area (Å²) >= 11 is 1.40. The number of carbonyl (C=O) groups is 1. The van der Waals surface area contributed by atoms with E-state index in [1.165, 1.54) is 11.3 Å². The number of likely N-dealkylation sites (N-methyl/N-ethyl adjacent to an activating group) is 1. The average molecular weight is 435 g/mol. The summed E-state index contributed by atoms with van der Waals surface area (Å²) < 4.78 is 1.74. The number of nitrogens with one attached hydrogen (secondary N) is 1. The van der Waals surface area contributed by atoms with Gasteiger partial charge in [0.05, 0.1) is 18.1 Å². The van der Waals surface area contributed by atoms with E-state index in [-0.39, 0.29) is 5.91 Å². The molecule has 10 heteroatoms. The third kappa shape index (κ3) is 3.87. The van der Waals surface area contributed by atoms with Crippen LogP contribution >= 0.6 is 11.3 Å². The van der Waals surface area contributed by atoms with Gasteiger partial charge in [0.2, 0.25) is 0 Å². The van der Waals surface area contributed by atoms with Gasteiger partial charge >= 0.3 is 0 Å². The molecule has 1 aliphatic rings. The first-order valence-corrected chi connectivity index (χ1v) is 10.7. The van der Waals surface area contributed by atoms with Crippen molar-refractivity contribution in [2.24, 2.45) is 7.05 Å². The zero-order valence-corrected chi connectivity index (χ0v) is 18.3. The van der Waals surface area contributed by atoms with E-state index in [0.29, 0.717) is 16.7 Å². The van der Waals surface area contributed by atoms with Gasteiger partial charge in [0.15, 0.2) is 5.13 Å². The summed E-state index contributed by atoms with van der Waals surface area (Å²) in [6.07, 6.45) is 8.81. The van der Waals surface area contributed by atoms with Crippen LogP contribution < -0.4 is 10.2 Å². The Morgan fingerprint density at radius 1 is 1.10 bits per heavy atom. The summed E-state index contributed by atoms with van der Waals surface area (Å²) in [6.45, 7) is 1.86. The number of carbonyl (C=O) groups excluding carboxylic acids is 1. The van der Waals surface area contributed by atoms with E-state index in [9.17, 15) is 4.79 Å². The van der Waals surface area contributed by atoms with Crippen LogP contribution in [0.4, 0.5) is 10.9 Å². The van der Waals surface area contributed by atoms with Gasteiger partial charge in [-0.25, -0.2) is 9.97 Å². The van der Waals surface area contributed by atoms with Crippen molar-refractivity contribution in [2.75, 3.05) is 37.4 Å². The first-order valence-electron chi connectivity index (χ1n) is 9.89. The van der Waals surface area contributed by atoms with Gasteiger partial charge in [0.1, 0.15) is 10.7 Å². The molecule has 1 saturated heterocycles. The molecule has 0 saturated carbocycles. The van der Waals surface area contributed by atoms with Crippen LogP contribution in [-0.2, 0) is 7.05 Å². The lowest BCUT2D eigenvalue weighted by molar-refractivity contribution is 0.103. The summed E-state index contributed by atoms with van der Waals surface area (Å²) in [5.74, 6) is 0.286. The lowest BCUT2D eigenvalue weighted by Crippen LogP contribution is -2.57. The number of hydrogen-bond donors (Lipinski definition) is 1. The van der Waals surface area contributed by atoms with Crippen molar-refractivity contribution >= 4 is 39.0 Å². The summed E-state index contributed by atoms with van der Waals surface area (Å²) in [7, 11) is 6.03. The maximum atomic E-state index is 12.7. The smallest absolute Gasteiger partial charge is 0.268 e. The molecular formula is C21H22N8OS. The number of aryl methyl sites for hydroxylation is 1. The Morgan fingerprint density at radius 2 is 1.90 bits per heavy atom. The van der Waals surface area contributed by atoms with Gasteiger partial charge in [-0.3, -0.25) is 14.5 Å². The van der Waals surface area contributed by atoms with Gasteiger partial charge in [-0.2, -0.15) is 5.10 Å². The molecule has 9 nitrogen and oxygen atoms in total. The molecule has 0 radical (unpaired) electrons. The second-order valence-corrected chi connectivity index (χ2v) is 8.88. The minimum atomic E-state index is -0.207. The average Bonchev–Trinajstić information content (AvgIpc) is 3.35. The van der Waals surface area contributed by atoms with E-state index in [4.69, 9.17) is 0 Å². The summed E-state index contributed by atoms with van der Waals surface area (Å²) in [5.41, 5.74) is 1.76. The van der Waals surface area contributed by atoms with Gasteiger partial charge in [-0.15, -0.1) is 0 Å². The number of anilines is 2. The van der Waals surface area contributed by atoms with Crippen LogP contribution in [-0.4, -0.2) is 68.8 Å². The van der Waals surface area contributed by atoms with Crippen LogP contribution in [0.1, 0.15) is 9.67 Å². The highest BCUT2D eigenvalue weighted by Gasteiger charge is 2.30. The van der Waals surface area contributed by atoms with Gasteiger partial charge in [-0.1, -0.05) is 11.3 Å². The molecule has 1 aliphatic heterocycles. The second-order valence-electron chi connectivity index (χ2n) is 7.87. The Bertz CT molecular complexity index is 1260. The molecule has 0 atom stereocenters. The van der Waals surface area contributed by atoms with Crippen molar-refractivity contribution in [2.45, 2.75) is 6.04 Å². The largest absolute Gasteiger partial charge is 0.345 e. The van der Waals surface area contributed by atoms with Crippen LogP contribution in [0.5, 0.6) is 0 Å². The fourth-order valence-corrected chi connectivity index (χ4v) is 4.28. The summed E-state index contributed by atoms with van der Waals surface area (Å²) in [5, 5.41) is 9.81. The first kappa shape index (κ1) is 19.6.